The van der Waals surface area contributed by atoms with Gasteiger partial charge in [0.25, 0.3) is 0 Å². The molecule has 8 heteroatoms. The van der Waals surface area contributed by atoms with Crippen LogP contribution in [0.25, 0.3) is 11.0 Å². The number of nitrogens with one attached hydrogen (secondary N) is 1. The van der Waals surface area contributed by atoms with Gasteiger partial charge in [-0.3, -0.25) is 0 Å². The number of piperidine rings is 1. The SMILES string of the molecule is CC(C)Cc1nc2cnc(Br)cc2n1C1CC(NC(=O)OC(C)(C)C)CN(C)C1. The molecule has 7 nitrogen and oxygen atoms in total. The average Bonchev–Trinajstić information content (AvgIpc) is 2.88. The third kappa shape index (κ3) is 5.69. The maximum Gasteiger partial charge on any atom is 0.407 e. The molecule has 1 N–H and O–H groups in total. The Morgan fingerprint density at radius 3 is 2.76 bits per heavy atom. The lowest BCUT2D eigenvalue weighted by molar-refractivity contribution is 0.0463. The molecular weight excluding hydrogens is 434 g/mol. The molecule has 160 valence electrons. The number of carbonyl (C=O) groups is 1. The molecule has 3 rings (SSSR count). The van der Waals surface area contributed by atoms with Crippen LogP contribution in [0.4, 0.5) is 4.79 Å². The van der Waals surface area contributed by atoms with Crippen LogP contribution in [0.5, 0.6) is 0 Å². The minimum absolute atomic E-state index is 0.0169. The van der Waals surface area contributed by atoms with Crippen LogP contribution >= 0.6 is 15.9 Å². The molecule has 0 saturated carbocycles. The fourth-order valence-corrected chi connectivity index (χ4v) is 4.31. The second kappa shape index (κ2) is 8.60. The monoisotopic (exact) mass is 465 g/mol. The quantitative estimate of drug-likeness (QED) is 0.686. The van der Waals surface area contributed by atoms with Crippen LogP contribution in [-0.4, -0.2) is 57.3 Å². The Morgan fingerprint density at radius 1 is 1.38 bits per heavy atom. The van der Waals surface area contributed by atoms with E-state index < -0.39 is 5.60 Å². The van der Waals surface area contributed by atoms with E-state index in [0.717, 1.165) is 47.4 Å². The number of hydrogen-bond acceptors (Lipinski definition) is 5. The van der Waals surface area contributed by atoms with Gasteiger partial charge in [0.1, 0.15) is 21.5 Å². The molecule has 1 aliphatic heterocycles. The lowest BCUT2D eigenvalue weighted by Crippen LogP contribution is -2.51. The van der Waals surface area contributed by atoms with Gasteiger partial charge in [0, 0.05) is 25.6 Å². The van der Waals surface area contributed by atoms with Gasteiger partial charge in [0.2, 0.25) is 0 Å². The summed E-state index contributed by atoms with van der Waals surface area (Å²) in [5.41, 5.74) is 1.49. The Morgan fingerprint density at radius 2 is 2.10 bits per heavy atom. The molecule has 2 aromatic rings. The van der Waals surface area contributed by atoms with E-state index in [1.165, 1.54) is 0 Å². The first-order chi connectivity index (χ1) is 13.5. The number of likely N-dealkylation sites (N-methyl/N-ethyl adjacent to an activating group) is 1. The Bertz CT molecular complexity index is 874. The summed E-state index contributed by atoms with van der Waals surface area (Å²) in [6, 6.07) is 2.27. The third-order valence-corrected chi connectivity index (χ3v) is 5.34. The number of pyridine rings is 1. The van der Waals surface area contributed by atoms with E-state index in [9.17, 15) is 4.79 Å². The molecule has 1 fully saturated rings. The topological polar surface area (TPSA) is 72.3 Å². The molecule has 0 aliphatic carbocycles. The molecule has 0 aromatic carbocycles. The van der Waals surface area contributed by atoms with E-state index in [2.05, 4.69) is 56.6 Å². The van der Waals surface area contributed by atoms with Crippen molar-refractivity contribution in [3.05, 3.63) is 22.7 Å². The maximum atomic E-state index is 12.3. The highest BCUT2D eigenvalue weighted by Crippen LogP contribution is 2.30. The third-order valence-electron chi connectivity index (χ3n) is 4.90. The molecule has 2 aromatic heterocycles. The largest absolute Gasteiger partial charge is 0.444 e. The summed E-state index contributed by atoms with van der Waals surface area (Å²) in [6.07, 6.45) is 3.20. The van der Waals surface area contributed by atoms with Crippen molar-refractivity contribution in [2.24, 2.45) is 5.92 Å². The van der Waals surface area contributed by atoms with Gasteiger partial charge in [-0.25, -0.2) is 14.8 Å². The van der Waals surface area contributed by atoms with E-state index in [4.69, 9.17) is 9.72 Å². The number of fused-ring (bicyclic) bond motifs is 1. The van der Waals surface area contributed by atoms with E-state index in [1.807, 2.05) is 33.0 Å². The molecule has 2 atom stereocenters. The number of likely N-dealkylation sites (tertiary alicyclic amines) is 1. The summed E-state index contributed by atoms with van der Waals surface area (Å²) in [6.45, 7) is 11.8. The number of carbonyl (C=O) groups excluding carboxylic acids is 1. The van der Waals surface area contributed by atoms with Crippen LogP contribution in [0.2, 0.25) is 0 Å². The zero-order valence-corrected chi connectivity index (χ0v) is 19.8. The Balaban J connectivity index is 1.89. The van der Waals surface area contributed by atoms with E-state index in [0.29, 0.717) is 5.92 Å². The van der Waals surface area contributed by atoms with E-state index >= 15 is 0 Å². The molecule has 0 bridgehead atoms. The number of ether oxygens (including phenoxy) is 1. The van der Waals surface area contributed by atoms with Crippen molar-refractivity contribution in [2.75, 3.05) is 20.1 Å². The summed E-state index contributed by atoms with van der Waals surface area (Å²) in [5.74, 6) is 1.57. The number of halogens is 1. The standard InChI is InChI=1S/C21H32BrN5O2/c1-13(2)7-19-25-16-10-23-18(22)9-17(16)27(19)15-8-14(11-26(6)12-15)24-20(28)29-21(3,4)5/h9-10,13-15H,7-8,11-12H2,1-6H3,(H,24,28). The molecule has 1 saturated heterocycles. The smallest absolute Gasteiger partial charge is 0.407 e. The number of amides is 1. The zero-order valence-electron chi connectivity index (χ0n) is 18.2. The summed E-state index contributed by atoms with van der Waals surface area (Å²) in [4.78, 5) is 23.8. The maximum absolute atomic E-state index is 12.3. The van der Waals surface area contributed by atoms with Crippen molar-refractivity contribution >= 4 is 33.1 Å². The molecule has 0 radical (unpaired) electrons. The van der Waals surface area contributed by atoms with Gasteiger partial charge in [0.15, 0.2) is 0 Å². The average molecular weight is 466 g/mol. The van der Waals surface area contributed by atoms with Crippen molar-refractivity contribution in [3.63, 3.8) is 0 Å². The molecule has 0 spiro atoms. The number of nitrogens with zero attached hydrogens (tertiary/aromatic N) is 4. The minimum atomic E-state index is -0.506. The van der Waals surface area contributed by atoms with Crippen molar-refractivity contribution in [2.45, 2.75) is 65.1 Å². The van der Waals surface area contributed by atoms with Gasteiger partial charge in [-0.15, -0.1) is 0 Å². The fourth-order valence-electron chi connectivity index (χ4n) is 3.99. The van der Waals surface area contributed by atoms with Crippen molar-refractivity contribution in [3.8, 4) is 0 Å². The van der Waals surface area contributed by atoms with Crippen LogP contribution in [0, 0.1) is 5.92 Å². The lowest BCUT2D eigenvalue weighted by atomic mass is 10.00. The van der Waals surface area contributed by atoms with Crippen molar-refractivity contribution in [1.29, 1.82) is 0 Å². The van der Waals surface area contributed by atoms with Gasteiger partial charge in [-0.1, -0.05) is 13.8 Å². The number of rotatable bonds is 4. The fraction of sp³-hybridized carbons (Fsp3) is 0.667. The minimum Gasteiger partial charge on any atom is -0.444 e. The number of aromatic nitrogens is 3. The normalized spacial score (nSPS) is 21.0. The summed E-state index contributed by atoms with van der Waals surface area (Å²) in [5, 5.41) is 3.06. The number of imidazole rings is 1. The van der Waals surface area contributed by atoms with Gasteiger partial charge in [-0.05, 0) is 62.2 Å². The first-order valence-electron chi connectivity index (χ1n) is 10.2. The van der Waals surface area contributed by atoms with Gasteiger partial charge in [-0.2, -0.15) is 0 Å². The highest BCUT2D eigenvalue weighted by Gasteiger charge is 2.31. The predicted octanol–water partition coefficient (Wildman–Crippen LogP) is 4.16. The summed E-state index contributed by atoms with van der Waals surface area (Å²) < 4.78 is 8.61. The Labute approximate surface area is 181 Å². The Hall–Kier alpha value is -1.67. The summed E-state index contributed by atoms with van der Waals surface area (Å²) >= 11 is 3.50. The van der Waals surface area contributed by atoms with Crippen LogP contribution in [0.3, 0.4) is 0 Å². The molecule has 2 unspecified atom stereocenters. The second-order valence-electron chi connectivity index (χ2n) is 9.45. The molecule has 1 aliphatic rings. The van der Waals surface area contributed by atoms with Crippen LogP contribution < -0.4 is 5.32 Å². The summed E-state index contributed by atoms with van der Waals surface area (Å²) in [7, 11) is 2.09. The van der Waals surface area contributed by atoms with Crippen molar-refractivity contribution in [1.82, 2.24) is 24.8 Å². The van der Waals surface area contributed by atoms with Crippen LogP contribution in [-0.2, 0) is 11.2 Å². The first kappa shape index (κ1) is 22.0. The number of hydrogen-bond donors (Lipinski definition) is 1. The lowest BCUT2D eigenvalue weighted by Gasteiger charge is -2.37. The van der Waals surface area contributed by atoms with Gasteiger partial charge < -0.3 is 19.5 Å². The number of alkyl carbamates (subject to hydrolysis) is 1. The predicted molar refractivity (Wildman–Crippen MR) is 118 cm³/mol. The van der Waals surface area contributed by atoms with E-state index in [1.54, 1.807) is 0 Å². The molecular formula is C21H32BrN5O2. The van der Waals surface area contributed by atoms with Gasteiger partial charge >= 0.3 is 6.09 Å². The highest BCUT2D eigenvalue weighted by molar-refractivity contribution is 9.10. The van der Waals surface area contributed by atoms with Gasteiger partial charge in [0.05, 0.1) is 17.8 Å². The zero-order chi connectivity index (χ0) is 21.3. The molecule has 3 heterocycles. The second-order valence-corrected chi connectivity index (χ2v) is 10.3. The van der Waals surface area contributed by atoms with Crippen LogP contribution in [0.15, 0.2) is 16.9 Å². The highest BCUT2D eigenvalue weighted by atomic mass is 79.9. The van der Waals surface area contributed by atoms with Crippen molar-refractivity contribution < 1.29 is 9.53 Å². The molecule has 1 amide bonds. The molecule has 29 heavy (non-hydrogen) atoms. The first-order valence-corrected chi connectivity index (χ1v) is 11.0. The van der Waals surface area contributed by atoms with E-state index in [-0.39, 0.29) is 18.2 Å². The Kier molecular flexibility index (Phi) is 6.53. The van der Waals surface area contributed by atoms with Crippen LogP contribution in [0.1, 0.15) is 52.9 Å².